The largest absolute Gasteiger partial charge is 0.463 e. The third-order valence-corrected chi connectivity index (χ3v) is 4.46. The van der Waals surface area contributed by atoms with E-state index in [1.807, 2.05) is 49.3 Å². The summed E-state index contributed by atoms with van der Waals surface area (Å²) in [5.74, 6) is 0.570. The predicted octanol–water partition coefficient (Wildman–Crippen LogP) is 2.50. The number of nitrogens with zero attached hydrogens (tertiary/aromatic N) is 4. The van der Waals surface area contributed by atoms with Gasteiger partial charge in [-0.05, 0) is 12.1 Å². The van der Waals surface area contributed by atoms with Gasteiger partial charge < -0.3 is 19.0 Å². The van der Waals surface area contributed by atoms with Crippen molar-refractivity contribution in [2.24, 2.45) is 0 Å². The number of anilines is 1. The second kappa shape index (κ2) is 6.76. The monoisotopic (exact) mass is 352 g/mol. The molecule has 1 amide bonds. The lowest BCUT2D eigenvalue weighted by molar-refractivity contribution is -0.0247. The Labute approximate surface area is 151 Å². The minimum atomic E-state index is -0.271. The van der Waals surface area contributed by atoms with Gasteiger partial charge in [0.25, 0.3) is 5.91 Å². The van der Waals surface area contributed by atoms with Crippen LogP contribution in [0.4, 0.5) is 5.95 Å². The van der Waals surface area contributed by atoms with Gasteiger partial charge in [0.2, 0.25) is 5.95 Å². The molecule has 1 unspecified atom stereocenters. The van der Waals surface area contributed by atoms with Gasteiger partial charge in [-0.1, -0.05) is 18.2 Å². The van der Waals surface area contributed by atoms with E-state index in [9.17, 15) is 4.79 Å². The SMILES string of the molecule is CN(C)c1nccc(C2CN(C(=O)c3coc4ccccc34)CCO2)n1. The van der Waals surface area contributed by atoms with E-state index >= 15 is 0 Å². The molecule has 1 aromatic carbocycles. The van der Waals surface area contributed by atoms with Crippen LogP contribution in [0.25, 0.3) is 11.0 Å². The minimum absolute atomic E-state index is 0.0508. The van der Waals surface area contributed by atoms with Crippen molar-refractivity contribution in [2.75, 3.05) is 38.7 Å². The Balaban J connectivity index is 1.57. The number of carbonyl (C=O) groups is 1. The fourth-order valence-electron chi connectivity index (χ4n) is 3.08. The Morgan fingerprint density at radius 2 is 2.12 bits per heavy atom. The summed E-state index contributed by atoms with van der Waals surface area (Å²) < 4.78 is 11.4. The Bertz CT molecular complexity index is 937. The number of hydrogen-bond acceptors (Lipinski definition) is 6. The fraction of sp³-hybridized carbons (Fsp3) is 0.316. The molecule has 1 saturated heterocycles. The molecule has 1 aliphatic rings. The lowest BCUT2D eigenvalue weighted by atomic mass is 10.1. The Morgan fingerprint density at radius 3 is 2.96 bits per heavy atom. The van der Waals surface area contributed by atoms with Gasteiger partial charge in [-0.25, -0.2) is 9.97 Å². The van der Waals surface area contributed by atoms with Crippen molar-refractivity contribution in [3.05, 3.63) is 54.0 Å². The number of benzene rings is 1. The molecule has 0 bridgehead atoms. The summed E-state index contributed by atoms with van der Waals surface area (Å²) in [6, 6.07) is 9.39. The number of fused-ring (bicyclic) bond motifs is 1. The maximum Gasteiger partial charge on any atom is 0.257 e. The molecule has 7 nitrogen and oxygen atoms in total. The standard InChI is InChI=1S/C19H20N4O3/c1-22(2)19-20-8-7-15(21-19)17-11-23(9-10-25-17)18(24)14-12-26-16-6-4-3-5-13(14)16/h3-8,12,17H,9-11H2,1-2H3. The van der Waals surface area contributed by atoms with Crippen LogP contribution in [0.2, 0.25) is 0 Å². The molecule has 0 radical (unpaired) electrons. The predicted molar refractivity (Wildman–Crippen MR) is 97.2 cm³/mol. The summed E-state index contributed by atoms with van der Waals surface area (Å²) in [4.78, 5) is 25.4. The van der Waals surface area contributed by atoms with Crippen LogP contribution < -0.4 is 4.90 Å². The van der Waals surface area contributed by atoms with E-state index in [1.165, 1.54) is 6.26 Å². The van der Waals surface area contributed by atoms with Crippen LogP contribution in [-0.2, 0) is 4.74 Å². The number of morpholine rings is 1. The highest BCUT2D eigenvalue weighted by atomic mass is 16.5. The van der Waals surface area contributed by atoms with Gasteiger partial charge in [-0.15, -0.1) is 0 Å². The summed E-state index contributed by atoms with van der Waals surface area (Å²) in [7, 11) is 3.78. The number of hydrogen-bond donors (Lipinski definition) is 0. The van der Waals surface area contributed by atoms with E-state index in [2.05, 4.69) is 9.97 Å². The average molecular weight is 352 g/mol. The van der Waals surface area contributed by atoms with E-state index in [4.69, 9.17) is 9.15 Å². The number of aromatic nitrogens is 2. The maximum atomic E-state index is 13.0. The van der Waals surface area contributed by atoms with Gasteiger partial charge in [0.1, 0.15) is 18.0 Å². The van der Waals surface area contributed by atoms with Gasteiger partial charge >= 0.3 is 0 Å². The van der Waals surface area contributed by atoms with Crippen molar-refractivity contribution in [2.45, 2.75) is 6.10 Å². The van der Waals surface area contributed by atoms with E-state index in [1.54, 1.807) is 11.1 Å². The highest BCUT2D eigenvalue weighted by Crippen LogP contribution is 2.26. The van der Waals surface area contributed by atoms with Crippen LogP contribution in [-0.4, -0.2) is 54.6 Å². The average Bonchev–Trinajstić information content (AvgIpc) is 3.12. The van der Waals surface area contributed by atoms with Crippen molar-refractivity contribution in [1.82, 2.24) is 14.9 Å². The molecule has 0 saturated carbocycles. The van der Waals surface area contributed by atoms with Crippen LogP contribution >= 0.6 is 0 Å². The van der Waals surface area contributed by atoms with Gasteiger partial charge in [-0.2, -0.15) is 0 Å². The van der Waals surface area contributed by atoms with Crippen molar-refractivity contribution < 1.29 is 13.9 Å². The van der Waals surface area contributed by atoms with Gasteiger partial charge in [0, 0.05) is 32.2 Å². The van der Waals surface area contributed by atoms with Crippen molar-refractivity contribution in [3.63, 3.8) is 0 Å². The second-order valence-corrected chi connectivity index (χ2v) is 6.43. The topological polar surface area (TPSA) is 71.7 Å². The first kappa shape index (κ1) is 16.5. The van der Waals surface area contributed by atoms with Crippen LogP contribution in [0.15, 0.2) is 47.2 Å². The zero-order valence-electron chi connectivity index (χ0n) is 14.8. The number of furan rings is 1. The molecule has 1 fully saturated rings. The Morgan fingerprint density at radius 1 is 1.27 bits per heavy atom. The third kappa shape index (κ3) is 3.01. The third-order valence-electron chi connectivity index (χ3n) is 4.46. The van der Waals surface area contributed by atoms with Gasteiger partial charge in [0.15, 0.2) is 0 Å². The number of para-hydroxylation sites is 1. The van der Waals surface area contributed by atoms with Crippen LogP contribution in [0.5, 0.6) is 0 Å². The number of amides is 1. The first-order valence-corrected chi connectivity index (χ1v) is 8.51. The first-order valence-electron chi connectivity index (χ1n) is 8.51. The van der Waals surface area contributed by atoms with Crippen molar-refractivity contribution in [1.29, 1.82) is 0 Å². The molecule has 0 aliphatic carbocycles. The summed E-state index contributed by atoms with van der Waals surface area (Å²) in [6.45, 7) is 1.45. The van der Waals surface area contributed by atoms with Crippen molar-refractivity contribution in [3.8, 4) is 0 Å². The number of rotatable bonds is 3. The zero-order valence-corrected chi connectivity index (χ0v) is 14.8. The molecule has 0 spiro atoms. The smallest absolute Gasteiger partial charge is 0.257 e. The van der Waals surface area contributed by atoms with Crippen molar-refractivity contribution >= 4 is 22.8 Å². The van der Waals surface area contributed by atoms with E-state index in [0.29, 0.717) is 36.8 Å². The molecule has 3 heterocycles. The molecular weight excluding hydrogens is 332 g/mol. The lowest BCUT2D eigenvalue weighted by Crippen LogP contribution is -2.42. The summed E-state index contributed by atoms with van der Waals surface area (Å²) in [5, 5.41) is 0.831. The summed E-state index contributed by atoms with van der Waals surface area (Å²) >= 11 is 0. The Hall–Kier alpha value is -2.93. The maximum absolute atomic E-state index is 13.0. The second-order valence-electron chi connectivity index (χ2n) is 6.43. The molecular formula is C19H20N4O3. The van der Waals surface area contributed by atoms with Crippen LogP contribution in [0.3, 0.4) is 0 Å². The molecule has 1 aliphatic heterocycles. The highest BCUT2D eigenvalue weighted by molar-refractivity contribution is 6.05. The molecule has 0 N–H and O–H groups in total. The zero-order chi connectivity index (χ0) is 18.1. The molecule has 1 atom stereocenters. The van der Waals surface area contributed by atoms with Crippen LogP contribution in [0.1, 0.15) is 22.2 Å². The molecule has 2 aromatic heterocycles. The molecule has 26 heavy (non-hydrogen) atoms. The summed E-state index contributed by atoms with van der Waals surface area (Å²) in [5.41, 5.74) is 2.07. The number of carbonyl (C=O) groups excluding carboxylic acids is 1. The molecule has 3 aromatic rings. The molecule has 134 valence electrons. The molecule has 7 heteroatoms. The lowest BCUT2D eigenvalue weighted by Gasteiger charge is -2.32. The van der Waals surface area contributed by atoms with Crippen LogP contribution in [0, 0.1) is 0 Å². The Kier molecular flexibility index (Phi) is 4.30. The highest BCUT2D eigenvalue weighted by Gasteiger charge is 2.29. The normalized spacial score (nSPS) is 17.5. The van der Waals surface area contributed by atoms with Gasteiger partial charge in [-0.3, -0.25) is 4.79 Å². The van der Waals surface area contributed by atoms with Gasteiger partial charge in [0.05, 0.1) is 24.4 Å². The fourth-order valence-corrected chi connectivity index (χ4v) is 3.08. The quantitative estimate of drug-likeness (QED) is 0.721. The van der Waals surface area contributed by atoms with E-state index in [0.717, 1.165) is 11.1 Å². The summed E-state index contributed by atoms with van der Waals surface area (Å²) in [6.07, 6.45) is 2.98. The number of ether oxygens (including phenoxy) is 1. The first-order chi connectivity index (χ1) is 12.6. The molecule has 4 rings (SSSR count). The minimum Gasteiger partial charge on any atom is -0.463 e. The van der Waals surface area contributed by atoms with E-state index in [-0.39, 0.29) is 12.0 Å². The van der Waals surface area contributed by atoms with E-state index < -0.39 is 0 Å².